The van der Waals surface area contributed by atoms with Gasteiger partial charge in [-0.2, -0.15) is 13.2 Å². The summed E-state index contributed by atoms with van der Waals surface area (Å²) >= 11 is 0. The molecule has 1 fully saturated rings. The summed E-state index contributed by atoms with van der Waals surface area (Å²) in [6.07, 6.45) is -4.36. The highest BCUT2D eigenvalue weighted by molar-refractivity contribution is 5.85. The maximum Gasteiger partial charge on any atom is 0.393 e. The van der Waals surface area contributed by atoms with Gasteiger partial charge in [0, 0.05) is 19.6 Å². The molecule has 0 radical (unpaired) electrons. The minimum atomic E-state index is -4.52. The third kappa shape index (κ3) is 5.95. The van der Waals surface area contributed by atoms with E-state index >= 15 is 0 Å². The Hall–Kier alpha value is -2.09. The van der Waals surface area contributed by atoms with Crippen molar-refractivity contribution in [1.29, 1.82) is 0 Å². The van der Waals surface area contributed by atoms with Gasteiger partial charge in [-0.05, 0) is 17.9 Å². The van der Waals surface area contributed by atoms with Crippen LogP contribution < -0.4 is 5.32 Å². The van der Waals surface area contributed by atoms with Gasteiger partial charge < -0.3 is 10.4 Å². The van der Waals surface area contributed by atoms with Crippen LogP contribution in [0, 0.1) is 17.8 Å². The van der Waals surface area contributed by atoms with Gasteiger partial charge in [-0.3, -0.25) is 9.69 Å². The number of aliphatic carboxylic acids is 1. The van der Waals surface area contributed by atoms with Crippen molar-refractivity contribution in [2.45, 2.75) is 39.0 Å². The molecular formula is C19H25F3N2O3. The molecule has 0 spiro atoms. The van der Waals surface area contributed by atoms with Crippen LogP contribution in [0.5, 0.6) is 0 Å². The standard InChI is InChI=1S/C19H25F3N2O3/c1-12(2)8-16(18(26)27)23-17(25)14-10-24(11-15(14)19(20,21)22)9-13-6-4-3-5-7-13/h3-7,12,14-16H,8-11H2,1-2H3,(H,23,25)(H,26,27)/t14-,15-,16?/m1/s1. The second-order valence-electron chi connectivity index (χ2n) is 7.46. The Kier molecular flexibility index (Phi) is 6.86. The minimum Gasteiger partial charge on any atom is -0.480 e. The Balaban J connectivity index is 2.11. The number of nitrogens with one attached hydrogen (secondary N) is 1. The van der Waals surface area contributed by atoms with Gasteiger partial charge in [-0.15, -0.1) is 0 Å². The van der Waals surface area contributed by atoms with Gasteiger partial charge in [0.1, 0.15) is 6.04 Å². The Labute approximate surface area is 156 Å². The summed E-state index contributed by atoms with van der Waals surface area (Å²) < 4.78 is 40.4. The molecule has 1 heterocycles. The number of likely N-dealkylation sites (tertiary alicyclic amines) is 1. The first-order valence-corrected chi connectivity index (χ1v) is 8.94. The van der Waals surface area contributed by atoms with Gasteiger partial charge in [-0.25, -0.2) is 4.79 Å². The molecule has 0 saturated carbocycles. The molecule has 3 atom stereocenters. The molecule has 2 N–H and O–H groups in total. The molecule has 8 heteroatoms. The number of benzene rings is 1. The average molecular weight is 386 g/mol. The maximum atomic E-state index is 13.5. The van der Waals surface area contributed by atoms with E-state index in [1.54, 1.807) is 30.9 Å². The second kappa shape index (κ2) is 8.73. The number of nitrogens with zero attached hydrogens (tertiary/aromatic N) is 1. The van der Waals surface area contributed by atoms with E-state index in [-0.39, 0.29) is 25.4 Å². The van der Waals surface area contributed by atoms with E-state index in [1.165, 1.54) is 0 Å². The number of carbonyl (C=O) groups excluding carboxylic acids is 1. The zero-order chi connectivity index (χ0) is 20.2. The molecule has 150 valence electrons. The van der Waals surface area contributed by atoms with Gasteiger partial charge >= 0.3 is 12.1 Å². The first kappa shape index (κ1) is 21.2. The van der Waals surface area contributed by atoms with Crippen molar-refractivity contribution in [2.75, 3.05) is 13.1 Å². The highest BCUT2D eigenvalue weighted by atomic mass is 19.4. The average Bonchev–Trinajstić information content (AvgIpc) is 2.99. The van der Waals surface area contributed by atoms with Crippen LogP contribution in [0.1, 0.15) is 25.8 Å². The van der Waals surface area contributed by atoms with Crippen molar-refractivity contribution >= 4 is 11.9 Å². The van der Waals surface area contributed by atoms with Crippen LogP contribution >= 0.6 is 0 Å². The van der Waals surface area contributed by atoms with Gasteiger partial charge in [0.2, 0.25) is 5.91 Å². The number of carboxylic acids is 1. The van der Waals surface area contributed by atoms with Gasteiger partial charge in [0.05, 0.1) is 11.8 Å². The minimum absolute atomic E-state index is 0.0111. The van der Waals surface area contributed by atoms with Gasteiger partial charge in [0.25, 0.3) is 0 Å². The fourth-order valence-corrected chi connectivity index (χ4v) is 3.42. The van der Waals surface area contributed by atoms with Crippen molar-refractivity contribution in [1.82, 2.24) is 10.2 Å². The predicted octanol–water partition coefficient (Wildman–Crippen LogP) is 2.91. The third-order valence-electron chi connectivity index (χ3n) is 4.72. The molecular weight excluding hydrogens is 361 g/mol. The fourth-order valence-electron chi connectivity index (χ4n) is 3.42. The number of hydrogen-bond acceptors (Lipinski definition) is 3. The smallest absolute Gasteiger partial charge is 0.393 e. The molecule has 1 aromatic carbocycles. The number of carboxylic acid groups (broad SMARTS) is 1. The van der Waals surface area contributed by atoms with E-state index in [1.807, 2.05) is 18.2 Å². The number of rotatable bonds is 7. The van der Waals surface area contributed by atoms with Crippen molar-refractivity contribution in [3.05, 3.63) is 35.9 Å². The van der Waals surface area contributed by atoms with Crippen LogP contribution in [-0.4, -0.2) is 47.2 Å². The number of amides is 1. The lowest BCUT2D eigenvalue weighted by atomic mass is 9.93. The highest BCUT2D eigenvalue weighted by Gasteiger charge is 2.52. The van der Waals surface area contributed by atoms with Gasteiger partial charge in [0.15, 0.2) is 0 Å². The fraction of sp³-hybridized carbons (Fsp3) is 0.579. The molecule has 1 saturated heterocycles. The number of halogens is 3. The Morgan fingerprint density at radius 2 is 1.85 bits per heavy atom. The topological polar surface area (TPSA) is 69.6 Å². The maximum absolute atomic E-state index is 13.5. The van der Waals surface area contributed by atoms with Crippen molar-refractivity contribution in [3.8, 4) is 0 Å². The Bertz CT molecular complexity index is 649. The molecule has 0 bridgehead atoms. The summed E-state index contributed by atoms with van der Waals surface area (Å²) in [6.45, 7) is 3.55. The molecule has 27 heavy (non-hydrogen) atoms. The van der Waals surface area contributed by atoms with Crippen LogP contribution in [0.3, 0.4) is 0 Å². The van der Waals surface area contributed by atoms with Crippen molar-refractivity contribution in [2.24, 2.45) is 17.8 Å². The van der Waals surface area contributed by atoms with Gasteiger partial charge in [-0.1, -0.05) is 44.2 Å². The van der Waals surface area contributed by atoms with Crippen LogP contribution in [0.2, 0.25) is 0 Å². The lowest BCUT2D eigenvalue weighted by Crippen LogP contribution is -2.47. The third-order valence-corrected chi connectivity index (χ3v) is 4.72. The first-order valence-electron chi connectivity index (χ1n) is 8.94. The molecule has 5 nitrogen and oxygen atoms in total. The summed E-state index contributed by atoms with van der Waals surface area (Å²) in [5.41, 5.74) is 0.864. The Morgan fingerprint density at radius 3 is 2.37 bits per heavy atom. The van der Waals surface area contributed by atoms with E-state index in [4.69, 9.17) is 0 Å². The number of carbonyl (C=O) groups is 2. The summed E-state index contributed by atoms with van der Waals surface area (Å²) in [5, 5.41) is 11.6. The van der Waals surface area contributed by atoms with Crippen LogP contribution in [0.15, 0.2) is 30.3 Å². The lowest BCUT2D eigenvalue weighted by Gasteiger charge is -2.23. The quantitative estimate of drug-likeness (QED) is 0.756. The second-order valence-corrected chi connectivity index (χ2v) is 7.46. The van der Waals surface area contributed by atoms with E-state index in [9.17, 15) is 27.9 Å². The molecule has 1 amide bonds. The summed E-state index contributed by atoms with van der Waals surface area (Å²) in [7, 11) is 0. The largest absolute Gasteiger partial charge is 0.480 e. The summed E-state index contributed by atoms with van der Waals surface area (Å²) in [5.74, 6) is -5.22. The molecule has 1 aliphatic rings. The lowest BCUT2D eigenvalue weighted by molar-refractivity contribution is -0.183. The molecule has 1 unspecified atom stereocenters. The first-order chi connectivity index (χ1) is 12.6. The summed E-state index contributed by atoms with van der Waals surface area (Å²) in [6, 6.07) is 7.89. The van der Waals surface area contributed by atoms with Crippen LogP contribution in [0.25, 0.3) is 0 Å². The monoisotopic (exact) mass is 386 g/mol. The van der Waals surface area contributed by atoms with Crippen LogP contribution in [-0.2, 0) is 16.1 Å². The number of hydrogen-bond donors (Lipinski definition) is 2. The number of alkyl halides is 3. The zero-order valence-electron chi connectivity index (χ0n) is 15.4. The van der Waals surface area contributed by atoms with Crippen molar-refractivity contribution < 1.29 is 27.9 Å². The highest BCUT2D eigenvalue weighted by Crippen LogP contribution is 2.38. The molecule has 0 aliphatic carbocycles. The Morgan fingerprint density at radius 1 is 1.22 bits per heavy atom. The summed E-state index contributed by atoms with van der Waals surface area (Å²) in [4.78, 5) is 25.4. The molecule has 2 rings (SSSR count). The van der Waals surface area contributed by atoms with Crippen molar-refractivity contribution in [3.63, 3.8) is 0 Å². The predicted molar refractivity (Wildman–Crippen MR) is 93.8 cm³/mol. The molecule has 1 aliphatic heterocycles. The van der Waals surface area contributed by atoms with E-state index in [0.717, 1.165) is 5.56 Å². The molecule has 1 aromatic rings. The van der Waals surface area contributed by atoms with Crippen LogP contribution in [0.4, 0.5) is 13.2 Å². The van der Waals surface area contributed by atoms with E-state index < -0.39 is 35.9 Å². The van der Waals surface area contributed by atoms with E-state index in [2.05, 4.69) is 5.32 Å². The zero-order valence-corrected chi connectivity index (χ0v) is 15.4. The van der Waals surface area contributed by atoms with E-state index in [0.29, 0.717) is 6.54 Å². The molecule has 0 aromatic heterocycles. The normalized spacial score (nSPS) is 22.0. The SMILES string of the molecule is CC(C)CC(NC(=O)[C@@H]1CN(Cc2ccccc2)C[C@H]1C(F)(F)F)C(=O)O.